The molecule has 4 rings (SSSR count). The normalized spacial score (nSPS) is 11.8. The highest BCUT2D eigenvalue weighted by Crippen LogP contribution is 2.24. The SMILES string of the molecule is Cc1nc(-n2[nH]c(C)c(Cc3ccccc3)c2=O)sc1C([O-])=Nc1cccc(Cl)c1. The first-order valence-electron chi connectivity index (χ1n) is 9.26. The third-order valence-electron chi connectivity index (χ3n) is 4.63. The molecule has 1 N–H and O–H groups in total. The summed E-state index contributed by atoms with van der Waals surface area (Å²) in [5, 5.41) is 16.6. The second kappa shape index (κ2) is 8.30. The van der Waals surface area contributed by atoms with Crippen LogP contribution in [0.3, 0.4) is 0 Å². The molecule has 0 saturated heterocycles. The number of halogens is 1. The zero-order chi connectivity index (χ0) is 21.3. The fraction of sp³-hybridized carbons (Fsp3) is 0.136. The lowest BCUT2D eigenvalue weighted by molar-refractivity contribution is -0.212. The Morgan fingerprint density at radius 1 is 1.20 bits per heavy atom. The molecule has 2 aromatic carbocycles. The van der Waals surface area contributed by atoms with E-state index in [9.17, 15) is 9.90 Å². The highest BCUT2D eigenvalue weighted by atomic mass is 35.5. The molecule has 0 saturated carbocycles. The molecular formula is C22H18ClN4O2S-. The van der Waals surface area contributed by atoms with Gasteiger partial charge in [0.1, 0.15) is 0 Å². The van der Waals surface area contributed by atoms with Crippen molar-refractivity contribution < 1.29 is 5.11 Å². The van der Waals surface area contributed by atoms with E-state index >= 15 is 0 Å². The standard InChI is InChI=1S/C22H19ClN4O2S/c1-13-18(11-15-7-4-3-5-8-15)21(29)27(26-13)22-24-14(2)19(30-22)20(28)25-17-10-6-9-16(23)12-17/h3-10,12,26H,11H2,1-2H3,(H,25,28)/p-1. The number of benzene rings is 2. The molecule has 0 unspecified atom stereocenters. The average molecular weight is 438 g/mol. The summed E-state index contributed by atoms with van der Waals surface area (Å²) in [5.41, 5.74) is 3.32. The summed E-state index contributed by atoms with van der Waals surface area (Å²) in [4.78, 5) is 21.9. The highest BCUT2D eigenvalue weighted by molar-refractivity contribution is 7.16. The third-order valence-corrected chi connectivity index (χ3v) is 5.99. The maximum absolute atomic E-state index is 13.0. The van der Waals surface area contributed by atoms with Gasteiger partial charge in [0.2, 0.25) is 5.13 Å². The van der Waals surface area contributed by atoms with E-state index in [1.807, 2.05) is 37.3 Å². The Morgan fingerprint density at radius 2 is 1.97 bits per heavy atom. The molecule has 0 bridgehead atoms. The Morgan fingerprint density at radius 3 is 2.70 bits per heavy atom. The largest absolute Gasteiger partial charge is 0.858 e. The van der Waals surface area contributed by atoms with Gasteiger partial charge in [-0.1, -0.05) is 59.3 Å². The van der Waals surface area contributed by atoms with Crippen LogP contribution < -0.4 is 10.7 Å². The van der Waals surface area contributed by atoms with Crippen LogP contribution >= 0.6 is 22.9 Å². The lowest BCUT2D eigenvalue weighted by Crippen LogP contribution is -2.18. The van der Waals surface area contributed by atoms with Crippen LogP contribution in [0.2, 0.25) is 5.02 Å². The fourth-order valence-corrected chi connectivity index (χ4v) is 4.21. The average Bonchev–Trinajstić information content (AvgIpc) is 3.23. The lowest BCUT2D eigenvalue weighted by atomic mass is 10.1. The molecule has 0 radical (unpaired) electrons. The van der Waals surface area contributed by atoms with Crippen molar-refractivity contribution in [1.29, 1.82) is 0 Å². The molecular weight excluding hydrogens is 420 g/mol. The first kappa shape index (κ1) is 20.1. The van der Waals surface area contributed by atoms with Crippen molar-refractivity contribution in [2.24, 2.45) is 4.99 Å². The number of thiazole rings is 1. The zero-order valence-electron chi connectivity index (χ0n) is 16.3. The zero-order valence-corrected chi connectivity index (χ0v) is 17.9. The first-order valence-corrected chi connectivity index (χ1v) is 10.5. The number of nitrogens with one attached hydrogen (secondary N) is 1. The number of aromatic amines is 1. The number of hydrogen-bond acceptors (Lipinski definition) is 5. The summed E-state index contributed by atoms with van der Waals surface area (Å²) < 4.78 is 1.39. The van der Waals surface area contributed by atoms with Crippen LogP contribution in [0.1, 0.15) is 27.4 Å². The molecule has 2 heterocycles. The van der Waals surface area contributed by atoms with E-state index in [0.717, 1.165) is 22.6 Å². The fourth-order valence-electron chi connectivity index (χ4n) is 3.11. The molecule has 0 atom stereocenters. The predicted octanol–water partition coefficient (Wildman–Crippen LogP) is 3.92. The predicted molar refractivity (Wildman–Crippen MR) is 118 cm³/mol. The highest BCUT2D eigenvalue weighted by Gasteiger charge is 2.17. The molecule has 4 aromatic rings. The van der Waals surface area contributed by atoms with Crippen molar-refractivity contribution in [2.45, 2.75) is 20.3 Å². The lowest BCUT2D eigenvalue weighted by Gasteiger charge is -2.08. The number of aromatic nitrogens is 3. The minimum atomic E-state index is -0.417. The van der Waals surface area contributed by atoms with Crippen LogP contribution in [0, 0.1) is 13.8 Å². The van der Waals surface area contributed by atoms with Crippen molar-refractivity contribution >= 4 is 34.5 Å². The van der Waals surface area contributed by atoms with Gasteiger partial charge in [0.05, 0.1) is 16.3 Å². The molecule has 0 aliphatic heterocycles. The quantitative estimate of drug-likeness (QED) is 0.379. The van der Waals surface area contributed by atoms with E-state index in [1.165, 1.54) is 4.68 Å². The van der Waals surface area contributed by atoms with Gasteiger partial charge in [-0.15, -0.1) is 0 Å². The number of hydrogen-bond donors (Lipinski definition) is 1. The van der Waals surface area contributed by atoms with E-state index < -0.39 is 5.90 Å². The van der Waals surface area contributed by atoms with Gasteiger partial charge < -0.3 is 5.11 Å². The molecule has 0 aliphatic carbocycles. The van der Waals surface area contributed by atoms with Crippen molar-refractivity contribution in [3.63, 3.8) is 0 Å². The second-order valence-electron chi connectivity index (χ2n) is 6.83. The third kappa shape index (κ3) is 4.08. The van der Waals surface area contributed by atoms with Crippen LogP contribution in [0.25, 0.3) is 5.13 Å². The van der Waals surface area contributed by atoms with Crippen LogP contribution in [-0.4, -0.2) is 20.7 Å². The van der Waals surface area contributed by atoms with E-state index in [1.54, 1.807) is 31.2 Å². The van der Waals surface area contributed by atoms with E-state index in [4.69, 9.17) is 11.6 Å². The van der Waals surface area contributed by atoms with Gasteiger partial charge in [0.15, 0.2) is 0 Å². The van der Waals surface area contributed by atoms with Crippen LogP contribution in [0.4, 0.5) is 5.69 Å². The van der Waals surface area contributed by atoms with Gasteiger partial charge in [-0.05, 0) is 37.6 Å². The van der Waals surface area contributed by atoms with Gasteiger partial charge >= 0.3 is 0 Å². The number of aryl methyl sites for hydroxylation is 2. The molecule has 8 heteroatoms. The Balaban J connectivity index is 1.68. The second-order valence-corrected chi connectivity index (χ2v) is 8.24. The Bertz CT molecular complexity index is 1290. The van der Waals surface area contributed by atoms with Gasteiger partial charge in [-0.2, -0.15) is 4.68 Å². The summed E-state index contributed by atoms with van der Waals surface area (Å²) in [7, 11) is 0. The number of aliphatic imine (C=N–C) groups is 1. The molecule has 30 heavy (non-hydrogen) atoms. The Hall–Kier alpha value is -3.16. The van der Waals surface area contributed by atoms with Gasteiger partial charge in [0, 0.05) is 28.6 Å². The maximum Gasteiger partial charge on any atom is 0.277 e. The van der Waals surface area contributed by atoms with Gasteiger partial charge in [-0.3, -0.25) is 14.9 Å². The van der Waals surface area contributed by atoms with Crippen molar-refractivity contribution in [1.82, 2.24) is 14.8 Å². The maximum atomic E-state index is 13.0. The topological polar surface area (TPSA) is 86.1 Å². The van der Waals surface area contributed by atoms with Crippen LogP contribution in [-0.2, 0) is 6.42 Å². The minimum absolute atomic E-state index is 0.170. The summed E-state index contributed by atoms with van der Waals surface area (Å²) in [6.45, 7) is 3.59. The van der Waals surface area contributed by atoms with Gasteiger partial charge in [0.25, 0.3) is 5.56 Å². The molecule has 152 valence electrons. The smallest absolute Gasteiger partial charge is 0.277 e. The summed E-state index contributed by atoms with van der Waals surface area (Å²) >= 11 is 7.09. The van der Waals surface area contributed by atoms with Crippen LogP contribution in [0.15, 0.2) is 64.4 Å². The summed E-state index contributed by atoms with van der Waals surface area (Å²) in [6.07, 6.45) is 0.523. The van der Waals surface area contributed by atoms with Crippen LogP contribution in [0.5, 0.6) is 0 Å². The van der Waals surface area contributed by atoms with E-state index in [-0.39, 0.29) is 5.56 Å². The molecule has 0 spiro atoms. The van der Waals surface area contributed by atoms with E-state index in [0.29, 0.717) is 38.4 Å². The Labute approximate surface area is 182 Å². The van der Waals surface area contributed by atoms with Crippen molar-refractivity contribution in [3.8, 4) is 5.13 Å². The molecule has 0 aliphatic rings. The van der Waals surface area contributed by atoms with Gasteiger partial charge in [-0.25, -0.2) is 4.98 Å². The monoisotopic (exact) mass is 437 g/mol. The molecule has 0 fully saturated rings. The number of H-pyrrole nitrogens is 1. The summed E-state index contributed by atoms with van der Waals surface area (Å²) in [5.74, 6) is -0.417. The van der Waals surface area contributed by atoms with E-state index in [2.05, 4.69) is 15.1 Å². The Kier molecular flexibility index (Phi) is 5.57. The molecule has 6 nitrogen and oxygen atoms in total. The van der Waals surface area contributed by atoms with Crippen molar-refractivity contribution in [2.75, 3.05) is 0 Å². The first-order chi connectivity index (χ1) is 14.4. The number of rotatable bonds is 5. The van der Waals surface area contributed by atoms with Crippen molar-refractivity contribution in [3.05, 3.63) is 97.4 Å². The number of nitrogens with zero attached hydrogens (tertiary/aromatic N) is 3. The molecule has 2 aromatic heterocycles. The summed E-state index contributed by atoms with van der Waals surface area (Å²) in [6, 6.07) is 16.6. The minimum Gasteiger partial charge on any atom is -0.858 e. The molecule has 0 amide bonds.